The molecule has 2 aromatic rings. The predicted molar refractivity (Wildman–Crippen MR) is 72.6 cm³/mol. The minimum absolute atomic E-state index is 0.148. The average Bonchev–Trinajstić information content (AvgIpc) is 2.38. The summed E-state index contributed by atoms with van der Waals surface area (Å²) in [7, 11) is 0. The predicted octanol–water partition coefficient (Wildman–Crippen LogP) is 3.29. The van der Waals surface area contributed by atoms with E-state index >= 15 is 0 Å². The third-order valence-electron chi connectivity index (χ3n) is 2.77. The summed E-state index contributed by atoms with van der Waals surface area (Å²) in [4.78, 5) is 4.12. The normalized spacial score (nSPS) is 12.3. The maximum absolute atomic E-state index is 9.15. The number of hydrogen-bond donors (Lipinski definition) is 2. The molecule has 0 saturated heterocycles. The fourth-order valence-corrected chi connectivity index (χ4v) is 2.01. The molecule has 1 aromatic heterocycles. The second kappa shape index (κ2) is 5.85. The quantitative estimate of drug-likeness (QED) is 0.889. The largest absolute Gasteiger partial charge is 0.506 e. The molecular formula is C14H15ClN2O. The SMILES string of the molecule is C[C@@H](NCc1ccc(O)cn1)c1ccccc1Cl. The summed E-state index contributed by atoms with van der Waals surface area (Å²) in [5.41, 5.74) is 1.95. The minimum atomic E-state index is 0.148. The summed E-state index contributed by atoms with van der Waals surface area (Å²) in [6.07, 6.45) is 1.44. The average molecular weight is 263 g/mol. The van der Waals surface area contributed by atoms with Gasteiger partial charge in [0.05, 0.1) is 11.9 Å². The van der Waals surface area contributed by atoms with Crippen LogP contribution in [0.2, 0.25) is 5.02 Å². The van der Waals surface area contributed by atoms with Crippen molar-refractivity contribution in [3.63, 3.8) is 0 Å². The lowest BCUT2D eigenvalue weighted by Gasteiger charge is -2.15. The molecule has 0 fully saturated rings. The molecule has 18 heavy (non-hydrogen) atoms. The number of nitrogens with one attached hydrogen (secondary N) is 1. The van der Waals surface area contributed by atoms with Crippen LogP contribution >= 0.6 is 11.6 Å². The minimum Gasteiger partial charge on any atom is -0.506 e. The second-order valence-corrected chi connectivity index (χ2v) is 4.54. The molecule has 0 aliphatic rings. The summed E-state index contributed by atoms with van der Waals surface area (Å²) < 4.78 is 0. The van der Waals surface area contributed by atoms with E-state index in [1.807, 2.05) is 24.3 Å². The van der Waals surface area contributed by atoms with Crippen LogP contribution in [0.4, 0.5) is 0 Å². The Balaban J connectivity index is 1.98. The molecular weight excluding hydrogens is 248 g/mol. The monoisotopic (exact) mass is 262 g/mol. The van der Waals surface area contributed by atoms with Gasteiger partial charge in [-0.1, -0.05) is 29.8 Å². The summed E-state index contributed by atoms with van der Waals surface area (Å²) in [5.74, 6) is 0.179. The number of aromatic hydroxyl groups is 1. The number of halogens is 1. The van der Waals surface area contributed by atoms with Gasteiger partial charge in [0.25, 0.3) is 0 Å². The molecule has 3 nitrogen and oxygen atoms in total. The van der Waals surface area contributed by atoms with E-state index in [0.29, 0.717) is 6.54 Å². The van der Waals surface area contributed by atoms with Gasteiger partial charge in [-0.2, -0.15) is 0 Å². The van der Waals surface area contributed by atoms with Gasteiger partial charge < -0.3 is 10.4 Å². The molecule has 2 rings (SSSR count). The first kappa shape index (κ1) is 12.9. The van der Waals surface area contributed by atoms with Crippen LogP contribution in [0, 0.1) is 0 Å². The number of benzene rings is 1. The molecule has 0 aliphatic carbocycles. The number of aromatic nitrogens is 1. The highest BCUT2D eigenvalue weighted by molar-refractivity contribution is 6.31. The Labute approximate surface area is 111 Å². The van der Waals surface area contributed by atoms with Crippen molar-refractivity contribution < 1.29 is 5.11 Å². The first-order chi connectivity index (χ1) is 8.66. The van der Waals surface area contributed by atoms with Gasteiger partial charge in [-0.3, -0.25) is 4.98 Å². The van der Waals surface area contributed by atoms with Crippen molar-refractivity contribution >= 4 is 11.6 Å². The molecule has 4 heteroatoms. The number of hydrogen-bond acceptors (Lipinski definition) is 3. The lowest BCUT2D eigenvalue weighted by molar-refractivity contribution is 0.471. The van der Waals surface area contributed by atoms with Crippen LogP contribution in [-0.2, 0) is 6.54 Å². The zero-order valence-electron chi connectivity index (χ0n) is 10.1. The molecule has 1 atom stereocenters. The number of rotatable bonds is 4. The number of pyridine rings is 1. The van der Waals surface area contributed by atoms with Crippen molar-refractivity contribution in [2.75, 3.05) is 0 Å². The van der Waals surface area contributed by atoms with Crippen molar-refractivity contribution in [1.82, 2.24) is 10.3 Å². The lowest BCUT2D eigenvalue weighted by atomic mass is 10.1. The van der Waals surface area contributed by atoms with Crippen LogP contribution in [0.3, 0.4) is 0 Å². The molecule has 0 aliphatic heterocycles. The van der Waals surface area contributed by atoms with Crippen LogP contribution in [0.1, 0.15) is 24.2 Å². The van der Waals surface area contributed by atoms with E-state index in [0.717, 1.165) is 16.3 Å². The van der Waals surface area contributed by atoms with Gasteiger partial charge in [-0.05, 0) is 30.7 Å². The van der Waals surface area contributed by atoms with Crippen molar-refractivity contribution in [3.8, 4) is 5.75 Å². The van der Waals surface area contributed by atoms with E-state index in [2.05, 4.69) is 17.2 Å². The van der Waals surface area contributed by atoms with Crippen LogP contribution in [0.5, 0.6) is 5.75 Å². The van der Waals surface area contributed by atoms with Crippen molar-refractivity contribution in [1.29, 1.82) is 0 Å². The summed E-state index contributed by atoms with van der Waals surface area (Å²) in [5, 5.41) is 13.3. The van der Waals surface area contributed by atoms with Crippen LogP contribution in [0.25, 0.3) is 0 Å². The van der Waals surface area contributed by atoms with E-state index < -0.39 is 0 Å². The molecule has 0 bridgehead atoms. The third kappa shape index (κ3) is 3.22. The molecule has 0 spiro atoms. The van der Waals surface area contributed by atoms with Crippen molar-refractivity contribution in [2.45, 2.75) is 19.5 Å². The van der Waals surface area contributed by atoms with E-state index in [1.54, 1.807) is 12.1 Å². The molecule has 1 heterocycles. The Morgan fingerprint density at radius 2 is 2.06 bits per heavy atom. The second-order valence-electron chi connectivity index (χ2n) is 4.13. The molecule has 0 saturated carbocycles. The fraction of sp³-hybridized carbons (Fsp3) is 0.214. The lowest BCUT2D eigenvalue weighted by Crippen LogP contribution is -2.18. The van der Waals surface area contributed by atoms with Crippen molar-refractivity contribution in [3.05, 3.63) is 58.9 Å². The Kier molecular flexibility index (Phi) is 4.18. The summed E-state index contributed by atoms with van der Waals surface area (Å²) in [6.45, 7) is 2.69. The third-order valence-corrected chi connectivity index (χ3v) is 3.11. The smallest absolute Gasteiger partial charge is 0.133 e. The van der Waals surface area contributed by atoms with Crippen LogP contribution < -0.4 is 5.32 Å². The molecule has 0 radical (unpaired) electrons. The molecule has 2 N–H and O–H groups in total. The van der Waals surface area contributed by atoms with Gasteiger partial charge in [0.15, 0.2) is 0 Å². The van der Waals surface area contributed by atoms with Gasteiger partial charge in [-0.15, -0.1) is 0 Å². The highest BCUT2D eigenvalue weighted by atomic mass is 35.5. The first-order valence-corrected chi connectivity index (χ1v) is 6.16. The topological polar surface area (TPSA) is 45.1 Å². The maximum Gasteiger partial charge on any atom is 0.133 e. The zero-order valence-corrected chi connectivity index (χ0v) is 10.9. The first-order valence-electron chi connectivity index (χ1n) is 5.78. The maximum atomic E-state index is 9.15. The Morgan fingerprint density at radius 3 is 2.72 bits per heavy atom. The highest BCUT2D eigenvalue weighted by Crippen LogP contribution is 2.22. The fourth-order valence-electron chi connectivity index (χ4n) is 1.72. The molecule has 0 unspecified atom stereocenters. The van der Waals surface area contributed by atoms with E-state index in [4.69, 9.17) is 16.7 Å². The summed E-state index contributed by atoms with van der Waals surface area (Å²) in [6, 6.07) is 11.3. The zero-order chi connectivity index (χ0) is 13.0. The highest BCUT2D eigenvalue weighted by Gasteiger charge is 2.08. The van der Waals surface area contributed by atoms with Gasteiger partial charge in [0.2, 0.25) is 0 Å². The van der Waals surface area contributed by atoms with Gasteiger partial charge in [-0.25, -0.2) is 0 Å². The Hall–Kier alpha value is -1.58. The van der Waals surface area contributed by atoms with Gasteiger partial charge in [0, 0.05) is 17.6 Å². The van der Waals surface area contributed by atoms with E-state index in [-0.39, 0.29) is 11.8 Å². The molecule has 0 amide bonds. The van der Waals surface area contributed by atoms with Crippen LogP contribution in [0.15, 0.2) is 42.6 Å². The van der Waals surface area contributed by atoms with Crippen molar-refractivity contribution in [2.24, 2.45) is 0 Å². The summed E-state index contributed by atoms with van der Waals surface area (Å²) >= 11 is 6.13. The standard InChI is InChI=1S/C14H15ClN2O/c1-10(13-4-2-3-5-14(13)15)16-8-11-6-7-12(18)9-17-11/h2-7,9-10,16,18H,8H2,1H3/t10-/m1/s1. The van der Waals surface area contributed by atoms with E-state index in [9.17, 15) is 0 Å². The number of nitrogens with zero attached hydrogens (tertiary/aromatic N) is 1. The Bertz CT molecular complexity index is 513. The molecule has 1 aromatic carbocycles. The Morgan fingerprint density at radius 1 is 1.28 bits per heavy atom. The van der Waals surface area contributed by atoms with Gasteiger partial charge >= 0.3 is 0 Å². The molecule has 94 valence electrons. The van der Waals surface area contributed by atoms with E-state index in [1.165, 1.54) is 6.20 Å². The van der Waals surface area contributed by atoms with Gasteiger partial charge in [0.1, 0.15) is 5.75 Å². The van der Waals surface area contributed by atoms with Crippen LogP contribution in [-0.4, -0.2) is 10.1 Å².